The third-order valence-corrected chi connectivity index (χ3v) is 6.58. The lowest BCUT2D eigenvalue weighted by atomic mass is 9.83. The molecule has 2 aliphatic heterocycles. The second-order valence-electron chi connectivity index (χ2n) is 7.95. The first-order chi connectivity index (χ1) is 15.5. The Morgan fingerprint density at radius 2 is 2.09 bits per heavy atom. The van der Waals surface area contributed by atoms with Crippen LogP contribution in [0.1, 0.15) is 42.5 Å². The van der Waals surface area contributed by atoms with Gasteiger partial charge in [-0.1, -0.05) is 19.0 Å². The Hall–Kier alpha value is -3.84. The van der Waals surface area contributed by atoms with Crippen molar-refractivity contribution in [3.8, 4) is 17.1 Å². The molecule has 0 radical (unpaired) electrons. The molecule has 9 heteroatoms. The number of methoxy groups -OCH3 is 1. The molecule has 3 aromatic rings. The second kappa shape index (κ2) is 7.10. The number of hydrogen-bond donors (Lipinski definition) is 0. The van der Waals surface area contributed by atoms with Crippen LogP contribution >= 0.6 is 0 Å². The second-order valence-corrected chi connectivity index (χ2v) is 7.95. The Balaban J connectivity index is 1.83. The predicted octanol–water partition coefficient (Wildman–Crippen LogP) is 3.97. The maximum Gasteiger partial charge on any atom is 0.322 e. The number of aryl methyl sites for hydroxylation is 1. The molecule has 1 atom stereocenters. The Bertz CT molecular complexity index is 1420. The van der Waals surface area contributed by atoms with E-state index < -0.39 is 11.5 Å². The van der Waals surface area contributed by atoms with Crippen LogP contribution in [-0.4, -0.2) is 22.6 Å². The first kappa shape index (κ1) is 20.1. The molecule has 4 heterocycles. The van der Waals surface area contributed by atoms with Gasteiger partial charge in [-0.3, -0.25) is 9.59 Å². The molecule has 0 bridgehead atoms. The topological polar surface area (TPSA) is 119 Å². The number of esters is 1. The van der Waals surface area contributed by atoms with E-state index >= 15 is 0 Å². The highest BCUT2D eigenvalue weighted by Gasteiger charge is 2.46. The molecular formula is C23H21N5O4. The van der Waals surface area contributed by atoms with Gasteiger partial charge >= 0.3 is 5.97 Å². The summed E-state index contributed by atoms with van der Waals surface area (Å²) in [5.41, 5.74) is 12.3. The van der Waals surface area contributed by atoms with Gasteiger partial charge in [-0.25, -0.2) is 4.98 Å². The average Bonchev–Trinajstić information content (AvgIpc) is 3.17. The van der Waals surface area contributed by atoms with Crippen LogP contribution in [0.4, 0.5) is 0 Å². The van der Waals surface area contributed by atoms with Gasteiger partial charge in [-0.15, -0.1) is 0 Å². The highest BCUT2D eigenvalue weighted by atomic mass is 16.5. The normalized spacial score (nSPS) is 18.4. The van der Waals surface area contributed by atoms with Gasteiger partial charge in [0, 0.05) is 15.9 Å². The highest BCUT2D eigenvalue weighted by molar-refractivity contribution is 5.90. The van der Waals surface area contributed by atoms with Crippen molar-refractivity contribution in [3.63, 3.8) is 0 Å². The van der Waals surface area contributed by atoms with Gasteiger partial charge in [0.25, 0.3) is 5.56 Å². The quantitative estimate of drug-likeness (QED) is 0.210. The van der Waals surface area contributed by atoms with Crippen molar-refractivity contribution in [2.45, 2.75) is 45.4 Å². The maximum atomic E-state index is 13.5. The van der Waals surface area contributed by atoms with Crippen molar-refractivity contribution in [2.75, 3.05) is 7.11 Å². The van der Waals surface area contributed by atoms with E-state index in [0.29, 0.717) is 29.1 Å². The molecular weight excluding hydrogens is 410 g/mol. The first-order valence-corrected chi connectivity index (χ1v) is 10.5. The van der Waals surface area contributed by atoms with Crippen molar-refractivity contribution < 1.29 is 14.3 Å². The molecule has 0 spiro atoms. The molecule has 0 fully saturated rings. The SMILES string of the molecule is CCc1c2c(nc3ccc(OC)cc13)-c1cc3c(c(=O)n1C2)COC(=O)C3(CC)N=[N+]=[N-]. The minimum absolute atomic E-state index is 0.139. The average molecular weight is 431 g/mol. The zero-order valence-corrected chi connectivity index (χ0v) is 18.0. The number of carbonyl (C=O) groups excluding carboxylic acids is 1. The van der Waals surface area contributed by atoms with Crippen molar-refractivity contribution in [3.05, 3.63) is 67.3 Å². The molecule has 2 aromatic heterocycles. The number of aromatic nitrogens is 2. The van der Waals surface area contributed by atoms with Crippen LogP contribution in [0.2, 0.25) is 0 Å². The summed E-state index contributed by atoms with van der Waals surface area (Å²) in [7, 11) is 1.63. The Morgan fingerprint density at radius 1 is 1.28 bits per heavy atom. The van der Waals surface area contributed by atoms with Gasteiger partial charge in [-0.2, -0.15) is 0 Å². The van der Waals surface area contributed by atoms with Crippen LogP contribution < -0.4 is 10.3 Å². The predicted molar refractivity (Wildman–Crippen MR) is 117 cm³/mol. The third kappa shape index (κ3) is 2.51. The van der Waals surface area contributed by atoms with Crippen molar-refractivity contribution in [2.24, 2.45) is 5.11 Å². The van der Waals surface area contributed by atoms with Gasteiger partial charge in [-0.05, 0) is 53.8 Å². The molecule has 9 nitrogen and oxygen atoms in total. The lowest BCUT2D eigenvalue weighted by Gasteiger charge is -2.32. The van der Waals surface area contributed by atoms with Gasteiger partial charge in [0.1, 0.15) is 12.4 Å². The third-order valence-electron chi connectivity index (χ3n) is 6.58. The standard InChI is InChI=1S/C23H21N5O4/c1-4-13-14-8-12(31-3)6-7-18(14)25-20-15(13)10-28-19(20)9-17-16(21(28)29)11-32-22(30)23(17,5-2)26-27-24/h6-9H,4-5,10-11H2,1-3H3. The van der Waals surface area contributed by atoms with Crippen LogP contribution in [0.5, 0.6) is 5.75 Å². The number of benzene rings is 1. The fourth-order valence-electron chi connectivity index (χ4n) is 4.91. The monoisotopic (exact) mass is 431 g/mol. The van der Waals surface area contributed by atoms with E-state index in [4.69, 9.17) is 20.0 Å². The van der Waals surface area contributed by atoms with Gasteiger partial charge in [0.2, 0.25) is 0 Å². The lowest BCUT2D eigenvalue weighted by molar-refractivity contribution is -0.154. The molecule has 1 aromatic carbocycles. The summed E-state index contributed by atoms with van der Waals surface area (Å²) in [6.07, 6.45) is 0.944. The first-order valence-electron chi connectivity index (χ1n) is 10.5. The van der Waals surface area contributed by atoms with Crippen molar-refractivity contribution in [1.82, 2.24) is 9.55 Å². The molecule has 162 valence electrons. The number of ether oxygens (including phenoxy) is 2. The molecule has 5 rings (SSSR count). The lowest BCUT2D eigenvalue weighted by Crippen LogP contribution is -2.43. The molecule has 0 amide bonds. The van der Waals surface area contributed by atoms with Crippen LogP contribution in [0.15, 0.2) is 34.2 Å². The molecule has 0 N–H and O–H groups in total. The number of hydrogen-bond acceptors (Lipinski definition) is 6. The minimum atomic E-state index is -1.56. The van der Waals surface area contributed by atoms with Gasteiger partial charge < -0.3 is 14.0 Å². The fourth-order valence-corrected chi connectivity index (χ4v) is 4.91. The number of pyridine rings is 2. The fraction of sp³-hybridized carbons (Fsp3) is 0.348. The molecule has 32 heavy (non-hydrogen) atoms. The van der Waals surface area contributed by atoms with Crippen molar-refractivity contribution in [1.29, 1.82) is 0 Å². The molecule has 0 saturated carbocycles. The summed E-state index contributed by atoms with van der Waals surface area (Å²) < 4.78 is 12.3. The molecule has 2 aliphatic rings. The maximum absolute atomic E-state index is 13.5. The Kier molecular flexibility index (Phi) is 4.46. The molecule has 0 saturated heterocycles. The van der Waals surface area contributed by atoms with Crippen LogP contribution in [-0.2, 0) is 34.6 Å². The summed E-state index contributed by atoms with van der Waals surface area (Å²) >= 11 is 0. The summed E-state index contributed by atoms with van der Waals surface area (Å²) in [5, 5.41) is 4.80. The number of nitrogens with zero attached hydrogens (tertiary/aromatic N) is 5. The van der Waals surface area contributed by atoms with E-state index in [9.17, 15) is 9.59 Å². The number of fused-ring (bicyclic) bond motifs is 5. The van der Waals surface area contributed by atoms with E-state index in [1.807, 2.05) is 18.2 Å². The molecule has 1 unspecified atom stereocenters. The van der Waals surface area contributed by atoms with Gasteiger partial charge in [0.05, 0.1) is 36.1 Å². The van der Waals surface area contributed by atoms with E-state index in [-0.39, 0.29) is 18.6 Å². The Morgan fingerprint density at radius 3 is 2.78 bits per heavy atom. The smallest absolute Gasteiger partial charge is 0.322 e. The summed E-state index contributed by atoms with van der Waals surface area (Å²) in [6.45, 7) is 4.05. The summed E-state index contributed by atoms with van der Waals surface area (Å²) in [5.74, 6) is 0.107. The van der Waals surface area contributed by atoms with Crippen LogP contribution in [0, 0.1) is 0 Å². The number of cyclic esters (lactones) is 1. The van der Waals surface area contributed by atoms with E-state index in [0.717, 1.165) is 34.2 Å². The number of rotatable bonds is 4. The van der Waals surface area contributed by atoms with Crippen molar-refractivity contribution >= 4 is 16.9 Å². The van der Waals surface area contributed by atoms with Crippen LogP contribution in [0.25, 0.3) is 32.7 Å². The van der Waals surface area contributed by atoms with E-state index in [2.05, 4.69) is 16.9 Å². The van der Waals surface area contributed by atoms with E-state index in [1.165, 1.54) is 0 Å². The minimum Gasteiger partial charge on any atom is -0.497 e. The molecule has 0 aliphatic carbocycles. The summed E-state index contributed by atoms with van der Waals surface area (Å²) in [4.78, 5) is 33.9. The number of azide groups is 1. The zero-order chi connectivity index (χ0) is 22.6. The summed E-state index contributed by atoms with van der Waals surface area (Å²) in [6, 6.07) is 7.51. The zero-order valence-electron chi connectivity index (χ0n) is 18.0. The van der Waals surface area contributed by atoms with E-state index in [1.54, 1.807) is 24.7 Å². The highest BCUT2D eigenvalue weighted by Crippen LogP contribution is 2.42. The van der Waals surface area contributed by atoms with Crippen LogP contribution in [0.3, 0.4) is 0 Å². The number of carbonyl (C=O) groups is 1. The largest absolute Gasteiger partial charge is 0.497 e. The van der Waals surface area contributed by atoms with Gasteiger partial charge in [0.15, 0.2) is 5.54 Å². The Labute approximate surface area is 183 Å².